The van der Waals surface area contributed by atoms with Gasteiger partial charge in [-0.2, -0.15) is 0 Å². The molecule has 0 unspecified atom stereocenters. The van der Waals surface area contributed by atoms with Crippen molar-refractivity contribution in [1.82, 2.24) is 15.1 Å². The van der Waals surface area contributed by atoms with Crippen LogP contribution in [0.1, 0.15) is 23.9 Å². The molecule has 2 heterocycles. The number of pyridine rings is 1. The smallest absolute Gasteiger partial charge is 0.149 e. The molecule has 3 aromatic rings. The first kappa shape index (κ1) is 23.0. The van der Waals surface area contributed by atoms with E-state index in [2.05, 4.69) is 20.8 Å². The molecule has 6 N–H and O–H groups in total. The van der Waals surface area contributed by atoms with Crippen LogP contribution in [0.15, 0.2) is 52.9 Å². The Bertz CT molecular complexity index is 1060. The Morgan fingerprint density at radius 1 is 1.28 bits per heavy atom. The van der Waals surface area contributed by atoms with Crippen molar-refractivity contribution in [3.8, 4) is 16.9 Å². The van der Waals surface area contributed by atoms with E-state index in [4.69, 9.17) is 20.8 Å². The van der Waals surface area contributed by atoms with Crippen molar-refractivity contribution in [2.75, 3.05) is 30.8 Å². The molecule has 9 heteroatoms. The Balaban J connectivity index is 1.77. The monoisotopic (exact) mass is 437 g/mol. The molecule has 9 nitrogen and oxygen atoms in total. The quantitative estimate of drug-likeness (QED) is 0.279. The Kier molecular flexibility index (Phi) is 7.56. The van der Waals surface area contributed by atoms with E-state index in [1.807, 2.05) is 64.3 Å². The third-order valence-electron chi connectivity index (χ3n) is 4.98. The fourth-order valence-corrected chi connectivity index (χ4v) is 3.31. The molecule has 0 aliphatic carbocycles. The summed E-state index contributed by atoms with van der Waals surface area (Å²) < 4.78 is 11.2. The molecular formula is C23H31N7O2. The maximum Gasteiger partial charge on any atom is 0.149 e. The number of aromatic nitrogens is 2. The zero-order chi connectivity index (χ0) is 23.1. The lowest BCUT2D eigenvalue weighted by Crippen LogP contribution is -2.27. The first-order chi connectivity index (χ1) is 15.4. The summed E-state index contributed by atoms with van der Waals surface area (Å²) in [6.45, 7) is 7.21. The molecule has 170 valence electrons. The molecular weight excluding hydrogens is 406 g/mol. The molecule has 32 heavy (non-hydrogen) atoms. The van der Waals surface area contributed by atoms with Crippen molar-refractivity contribution in [3.63, 3.8) is 0 Å². The number of benzene rings is 1. The van der Waals surface area contributed by atoms with Crippen LogP contribution < -0.4 is 26.9 Å². The summed E-state index contributed by atoms with van der Waals surface area (Å²) in [6, 6.07) is 9.87. The highest BCUT2D eigenvalue weighted by molar-refractivity contribution is 5.75. The maximum atomic E-state index is 6.01. The summed E-state index contributed by atoms with van der Waals surface area (Å²) in [5, 5.41) is 12.2. The van der Waals surface area contributed by atoms with Gasteiger partial charge in [-0.1, -0.05) is 23.4 Å². The average molecular weight is 438 g/mol. The lowest BCUT2D eigenvalue weighted by molar-refractivity contribution is 0.337. The standard InChI is InChI=1S/C23H31N7O2/c1-5-30(25)13-19(24)14-31-21-9-7-6-8-17(21)11-27-20-10-18(12-28-23(20)26-4)22-15(2)29-32-16(22)3/h6-10,12-13,27H,5,11,14,24-25H2,1-4H3,(H,26,28)/b19-13-. The van der Waals surface area contributed by atoms with Crippen LogP contribution in [0.25, 0.3) is 11.1 Å². The number of rotatable bonds is 10. The average Bonchev–Trinajstić information content (AvgIpc) is 3.14. The summed E-state index contributed by atoms with van der Waals surface area (Å²) >= 11 is 0. The SMILES string of the molecule is CCN(N)/C=C(\N)COc1ccccc1CNc1cc(-c2c(C)noc2C)cnc1NC. The summed E-state index contributed by atoms with van der Waals surface area (Å²) in [4.78, 5) is 4.55. The molecule has 0 amide bonds. The molecule has 0 saturated carbocycles. The highest BCUT2D eigenvalue weighted by Crippen LogP contribution is 2.31. The molecule has 0 atom stereocenters. The summed E-state index contributed by atoms with van der Waals surface area (Å²) in [7, 11) is 1.84. The molecule has 0 fully saturated rings. The Morgan fingerprint density at radius 2 is 2.06 bits per heavy atom. The minimum atomic E-state index is 0.246. The van der Waals surface area contributed by atoms with Gasteiger partial charge < -0.3 is 30.6 Å². The largest absolute Gasteiger partial charge is 0.487 e. The summed E-state index contributed by atoms with van der Waals surface area (Å²) in [5.41, 5.74) is 11.1. The van der Waals surface area contributed by atoms with Crippen molar-refractivity contribution in [2.45, 2.75) is 27.3 Å². The van der Waals surface area contributed by atoms with E-state index < -0.39 is 0 Å². The molecule has 0 aliphatic heterocycles. The number of hydrogen-bond donors (Lipinski definition) is 4. The van der Waals surface area contributed by atoms with E-state index in [1.54, 1.807) is 6.20 Å². The van der Waals surface area contributed by atoms with Crippen LogP contribution >= 0.6 is 0 Å². The van der Waals surface area contributed by atoms with Gasteiger partial charge in [0, 0.05) is 49.2 Å². The second-order valence-electron chi connectivity index (χ2n) is 7.35. The number of nitrogens with one attached hydrogen (secondary N) is 2. The number of nitrogens with zero attached hydrogens (tertiary/aromatic N) is 3. The normalized spacial score (nSPS) is 11.3. The number of ether oxygens (including phenoxy) is 1. The predicted octanol–water partition coefficient (Wildman–Crippen LogP) is 3.38. The molecule has 0 aliphatic rings. The van der Waals surface area contributed by atoms with E-state index in [0.29, 0.717) is 18.8 Å². The van der Waals surface area contributed by atoms with E-state index in [0.717, 1.165) is 45.4 Å². The second-order valence-corrected chi connectivity index (χ2v) is 7.35. The highest BCUT2D eigenvalue weighted by atomic mass is 16.5. The van der Waals surface area contributed by atoms with Gasteiger partial charge in [0.05, 0.1) is 17.1 Å². The topological polar surface area (TPSA) is 127 Å². The molecule has 2 aromatic heterocycles. The molecule has 1 aromatic carbocycles. The van der Waals surface area contributed by atoms with Gasteiger partial charge in [0.2, 0.25) is 0 Å². The van der Waals surface area contributed by atoms with Crippen molar-refractivity contribution < 1.29 is 9.26 Å². The number of anilines is 2. The van der Waals surface area contributed by atoms with E-state index in [1.165, 1.54) is 5.01 Å². The first-order valence-electron chi connectivity index (χ1n) is 10.5. The van der Waals surface area contributed by atoms with Gasteiger partial charge >= 0.3 is 0 Å². The van der Waals surface area contributed by atoms with Gasteiger partial charge in [-0.15, -0.1) is 0 Å². The summed E-state index contributed by atoms with van der Waals surface area (Å²) in [5.74, 6) is 8.02. The van der Waals surface area contributed by atoms with Gasteiger partial charge in [0.15, 0.2) is 0 Å². The molecule has 3 rings (SSSR count). The van der Waals surface area contributed by atoms with Crippen LogP contribution in [0, 0.1) is 13.8 Å². The van der Waals surface area contributed by atoms with E-state index in [9.17, 15) is 0 Å². The maximum absolute atomic E-state index is 6.01. The Morgan fingerprint density at radius 3 is 2.75 bits per heavy atom. The van der Waals surface area contributed by atoms with Crippen molar-refractivity contribution in [2.24, 2.45) is 11.6 Å². The zero-order valence-electron chi connectivity index (χ0n) is 19.0. The second kappa shape index (κ2) is 10.5. The Labute approximate surface area is 188 Å². The highest BCUT2D eigenvalue weighted by Gasteiger charge is 2.14. The molecule has 0 spiro atoms. The van der Waals surface area contributed by atoms with E-state index >= 15 is 0 Å². The van der Waals surface area contributed by atoms with Gasteiger partial charge in [0.1, 0.15) is 23.9 Å². The number of para-hydroxylation sites is 1. The molecule has 0 saturated heterocycles. The minimum Gasteiger partial charge on any atom is -0.487 e. The van der Waals surface area contributed by atoms with Crippen LogP contribution in [0.4, 0.5) is 11.5 Å². The lowest BCUT2D eigenvalue weighted by Gasteiger charge is -2.16. The van der Waals surface area contributed by atoms with Gasteiger partial charge in [-0.25, -0.2) is 10.8 Å². The molecule has 0 radical (unpaired) electrons. The van der Waals surface area contributed by atoms with Crippen LogP contribution in [-0.4, -0.2) is 35.3 Å². The zero-order valence-corrected chi connectivity index (χ0v) is 19.0. The van der Waals surface area contributed by atoms with Crippen molar-refractivity contribution in [1.29, 1.82) is 0 Å². The van der Waals surface area contributed by atoms with Gasteiger partial charge in [0.25, 0.3) is 0 Å². The lowest BCUT2D eigenvalue weighted by atomic mass is 10.1. The third-order valence-corrected chi connectivity index (χ3v) is 4.98. The first-order valence-corrected chi connectivity index (χ1v) is 10.5. The van der Waals surface area contributed by atoms with Crippen LogP contribution in [0.5, 0.6) is 5.75 Å². The fraction of sp³-hybridized carbons (Fsp3) is 0.304. The third kappa shape index (κ3) is 5.50. The van der Waals surface area contributed by atoms with Gasteiger partial charge in [-0.05, 0) is 32.9 Å². The van der Waals surface area contributed by atoms with E-state index in [-0.39, 0.29) is 6.61 Å². The van der Waals surface area contributed by atoms with Crippen LogP contribution in [0.3, 0.4) is 0 Å². The number of hydrazine groups is 1. The van der Waals surface area contributed by atoms with Crippen LogP contribution in [-0.2, 0) is 6.54 Å². The molecule has 0 bridgehead atoms. The minimum absolute atomic E-state index is 0.246. The van der Waals surface area contributed by atoms with Gasteiger partial charge in [-0.3, -0.25) is 0 Å². The van der Waals surface area contributed by atoms with Crippen molar-refractivity contribution >= 4 is 11.5 Å². The number of hydrogen-bond acceptors (Lipinski definition) is 9. The van der Waals surface area contributed by atoms with Crippen LogP contribution in [0.2, 0.25) is 0 Å². The van der Waals surface area contributed by atoms with Crippen molar-refractivity contribution in [3.05, 3.63) is 65.4 Å². The fourth-order valence-electron chi connectivity index (χ4n) is 3.31. The number of nitrogens with two attached hydrogens (primary N) is 2. The predicted molar refractivity (Wildman–Crippen MR) is 127 cm³/mol. The Hall–Kier alpha value is -3.72. The summed E-state index contributed by atoms with van der Waals surface area (Å²) in [6.07, 6.45) is 3.48. The number of aryl methyl sites for hydroxylation is 2.